The fourth-order valence-corrected chi connectivity index (χ4v) is 1.88. The summed E-state index contributed by atoms with van der Waals surface area (Å²) >= 11 is 0. The number of nitrogens with two attached hydrogens (primary N) is 1. The number of benzene rings is 1. The number of pyridine rings is 1. The Morgan fingerprint density at radius 1 is 1.18 bits per heavy atom. The minimum atomic E-state index is -0.309. The molecule has 0 atom stereocenters. The molecule has 0 unspecified atom stereocenters. The van der Waals surface area contributed by atoms with Gasteiger partial charge in [0, 0.05) is 17.9 Å². The zero-order valence-corrected chi connectivity index (χ0v) is 10.6. The molecule has 2 aromatic rings. The predicted octanol–water partition coefficient (Wildman–Crippen LogP) is 3.25. The third kappa shape index (κ3) is 2.53. The fourth-order valence-electron chi connectivity index (χ4n) is 1.88. The molecule has 2 N–H and O–H groups in total. The van der Waals surface area contributed by atoms with Crippen LogP contribution in [0.15, 0.2) is 42.7 Å². The van der Waals surface area contributed by atoms with Crippen LogP contribution in [0.2, 0.25) is 0 Å². The van der Waals surface area contributed by atoms with E-state index in [1.807, 2.05) is 32.3 Å². The van der Waals surface area contributed by atoms with E-state index >= 15 is 0 Å². The highest BCUT2D eigenvalue weighted by Gasteiger charge is 2.14. The van der Waals surface area contributed by atoms with Crippen LogP contribution in [0.25, 0.3) is 11.1 Å². The van der Waals surface area contributed by atoms with Gasteiger partial charge in [0.05, 0.1) is 0 Å². The summed E-state index contributed by atoms with van der Waals surface area (Å²) in [6.45, 7) is 6.11. The van der Waals surface area contributed by atoms with Crippen LogP contribution in [0.3, 0.4) is 0 Å². The molecule has 0 radical (unpaired) electrons. The highest BCUT2D eigenvalue weighted by Crippen LogP contribution is 2.26. The van der Waals surface area contributed by atoms with Crippen molar-refractivity contribution in [2.75, 3.05) is 0 Å². The van der Waals surface area contributed by atoms with E-state index in [-0.39, 0.29) is 5.54 Å². The van der Waals surface area contributed by atoms with E-state index < -0.39 is 0 Å². The Hall–Kier alpha value is -1.67. The molecular weight excluding hydrogens is 208 g/mol. The summed E-state index contributed by atoms with van der Waals surface area (Å²) in [5, 5.41) is 0. The van der Waals surface area contributed by atoms with Gasteiger partial charge in [-0.15, -0.1) is 0 Å². The third-order valence-electron chi connectivity index (χ3n) is 2.94. The van der Waals surface area contributed by atoms with Gasteiger partial charge in [-0.25, -0.2) is 0 Å². The zero-order chi connectivity index (χ0) is 12.5. The molecule has 0 aliphatic heterocycles. The number of rotatable bonds is 2. The Kier molecular flexibility index (Phi) is 2.99. The van der Waals surface area contributed by atoms with Gasteiger partial charge in [0.25, 0.3) is 0 Å². The lowest BCUT2D eigenvalue weighted by atomic mass is 9.92. The number of hydrogen-bond acceptors (Lipinski definition) is 2. The maximum absolute atomic E-state index is 6.13. The van der Waals surface area contributed by atoms with Crippen molar-refractivity contribution in [1.82, 2.24) is 4.98 Å². The molecule has 2 rings (SSSR count). The molecule has 1 aromatic carbocycles. The first-order valence-corrected chi connectivity index (χ1v) is 5.79. The maximum atomic E-state index is 6.13. The molecule has 2 heteroatoms. The van der Waals surface area contributed by atoms with Crippen molar-refractivity contribution in [2.45, 2.75) is 26.3 Å². The standard InChI is InChI=1S/C15H18N2/c1-11-10-17-8-7-14(11)12-5-4-6-13(9-12)15(2,3)16/h4-10H,16H2,1-3H3. The number of aryl methyl sites for hydroxylation is 1. The molecule has 88 valence electrons. The molecule has 1 aromatic heterocycles. The monoisotopic (exact) mass is 226 g/mol. The van der Waals surface area contributed by atoms with Crippen molar-refractivity contribution in [1.29, 1.82) is 0 Å². The smallest absolute Gasteiger partial charge is 0.0352 e. The maximum Gasteiger partial charge on any atom is 0.0352 e. The highest BCUT2D eigenvalue weighted by molar-refractivity contribution is 5.67. The third-order valence-corrected chi connectivity index (χ3v) is 2.94. The van der Waals surface area contributed by atoms with Crippen molar-refractivity contribution >= 4 is 0 Å². The van der Waals surface area contributed by atoms with Gasteiger partial charge in [0.15, 0.2) is 0 Å². The van der Waals surface area contributed by atoms with Gasteiger partial charge >= 0.3 is 0 Å². The van der Waals surface area contributed by atoms with E-state index in [1.165, 1.54) is 16.7 Å². The summed E-state index contributed by atoms with van der Waals surface area (Å²) in [4.78, 5) is 4.12. The molecule has 0 amide bonds. The van der Waals surface area contributed by atoms with Crippen LogP contribution in [-0.2, 0) is 5.54 Å². The molecule has 0 fully saturated rings. The molecule has 1 heterocycles. The van der Waals surface area contributed by atoms with Crippen LogP contribution in [-0.4, -0.2) is 4.98 Å². The van der Waals surface area contributed by atoms with Crippen LogP contribution in [0.5, 0.6) is 0 Å². The minimum Gasteiger partial charge on any atom is -0.322 e. The van der Waals surface area contributed by atoms with Crippen molar-refractivity contribution in [3.63, 3.8) is 0 Å². The summed E-state index contributed by atoms with van der Waals surface area (Å²) in [6, 6.07) is 10.4. The number of hydrogen-bond donors (Lipinski definition) is 1. The van der Waals surface area contributed by atoms with Crippen molar-refractivity contribution < 1.29 is 0 Å². The number of nitrogens with zero attached hydrogens (tertiary/aromatic N) is 1. The first-order valence-electron chi connectivity index (χ1n) is 5.79. The SMILES string of the molecule is Cc1cnccc1-c1cccc(C(C)(C)N)c1. The van der Waals surface area contributed by atoms with Gasteiger partial charge in [-0.05, 0) is 55.2 Å². The second kappa shape index (κ2) is 4.30. The first kappa shape index (κ1) is 11.8. The molecule has 17 heavy (non-hydrogen) atoms. The Morgan fingerprint density at radius 2 is 1.94 bits per heavy atom. The summed E-state index contributed by atoms with van der Waals surface area (Å²) in [6.07, 6.45) is 3.71. The molecule has 0 saturated heterocycles. The largest absolute Gasteiger partial charge is 0.322 e. The van der Waals surface area contributed by atoms with Crippen molar-refractivity contribution in [3.8, 4) is 11.1 Å². The van der Waals surface area contributed by atoms with Crippen LogP contribution in [0.4, 0.5) is 0 Å². The van der Waals surface area contributed by atoms with Crippen LogP contribution in [0, 0.1) is 6.92 Å². The van der Waals surface area contributed by atoms with E-state index in [1.54, 1.807) is 0 Å². The van der Waals surface area contributed by atoms with Crippen molar-refractivity contribution in [3.05, 3.63) is 53.9 Å². The predicted molar refractivity (Wildman–Crippen MR) is 71.6 cm³/mol. The van der Waals surface area contributed by atoms with Gasteiger partial charge in [-0.1, -0.05) is 18.2 Å². The van der Waals surface area contributed by atoms with E-state index in [4.69, 9.17) is 5.73 Å². The van der Waals surface area contributed by atoms with Crippen LogP contribution in [0.1, 0.15) is 25.0 Å². The highest BCUT2D eigenvalue weighted by atomic mass is 14.7. The fraction of sp³-hybridized carbons (Fsp3) is 0.267. The Bertz CT molecular complexity index is 524. The van der Waals surface area contributed by atoms with E-state index in [9.17, 15) is 0 Å². The minimum absolute atomic E-state index is 0.309. The van der Waals surface area contributed by atoms with Gasteiger partial charge in [-0.3, -0.25) is 4.98 Å². The Morgan fingerprint density at radius 3 is 2.59 bits per heavy atom. The summed E-state index contributed by atoms with van der Waals surface area (Å²) < 4.78 is 0. The molecule has 0 spiro atoms. The van der Waals surface area contributed by atoms with E-state index in [2.05, 4.69) is 36.2 Å². The average molecular weight is 226 g/mol. The molecular formula is C15H18N2. The number of aromatic nitrogens is 1. The lowest BCUT2D eigenvalue weighted by Crippen LogP contribution is -2.28. The quantitative estimate of drug-likeness (QED) is 0.853. The van der Waals surface area contributed by atoms with Crippen molar-refractivity contribution in [2.24, 2.45) is 5.73 Å². The lowest BCUT2D eigenvalue weighted by molar-refractivity contribution is 0.554. The van der Waals surface area contributed by atoms with Crippen LogP contribution >= 0.6 is 0 Å². The zero-order valence-electron chi connectivity index (χ0n) is 10.6. The van der Waals surface area contributed by atoms with Gasteiger partial charge in [0.2, 0.25) is 0 Å². The second-order valence-corrected chi connectivity index (χ2v) is 4.99. The molecule has 0 aliphatic carbocycles. The topological polar surface area (TPSA) is 38.9 Å². The van der Waals surface area contributed by atoms with Crippen LogP contribution < -0.4 is 5.73 Å². The molecule has 2 nitrogen and oxygen atoms in total. The van der Waals surface area contributed by atoms with E-state index in [0.29, 0.717) is 0 Å². The summed E-state index contributed by atoms with van der Waals surface area (Å²) in [5.74, 6) is 0. The summed E-state index contributed by atoms with van der Waals surface area (Å²) in [7, 11) is 0. The van der Waals surface area contributed by atoms with Gasteiger partial charge in [-0.2, -0.15) is 0 Å². The average Bonchev–Trinajstić information content (AvgIpc) is 2.29. The second-order valence-electron chi connectivity index (χ2n) is 4.99. The molecule has 0 aliphatic rings. The van der Waals surface area contributed by atoms with Gasteiger partial charge < -0.3 is 5.73 Å². The Labute approximate surface area is 103 Å². The summed E-state index contributed by atoms with van der Waals surface area (Å²) in [5.41, 5.74) is 10.6. The normalized spacial score (nSPS) is 11.5. The van der Waals surface area contributed by atoms with E-state index in [0.717, 1.165) is 5.56 Å². The van der Waals surface area contributed by atoms with Gasteiger partial charge in [0.1, 0.15) is 0 Å². The lowest BCUT2D eigenvalue weighted by Gasteiger charge is -2.20. The first-order chi connectivity index (χ1) is 7.98. The molecule has 0 bridgehead atoms. The molecule has 0 saturated carbocycles. The Balaban J connectivity index is 2.51.